The predicted molar refractivity (Wildman–Crippen MR) is 90.9 cm³/mol. The van der Waals surface area contributed by atoms with Crippen LogP contribution in [0.25, 0.3) is 10.9 Å². The van der Waals surface area contributed by atoms with E-state index in [2.05, 4.69) is 10.3 Å². The Morgan fingerprint density at radius 3 is 2.70 bits per heavy atom. The van der Waals surface area contributed by atoms with Gasteiger partial charge in [-0.05, 0) is 30.7 Å². The van der Waals surface area contributed by atoms with Gasteiger partial charge in [-0.25, -0.2) is 4.39 Å². The Kier molecular flexibility index (Phi) is 4.53. The number of aliphatic hydroxyl groups is 1. The number of anilines is 1. The third-order valence-corrected chi connectivity index (χ3v) is 3.95. The molecule has 2 N–H and O–H groups in total. The van der Waals surface area contributed by atoms with Gasteiger partial charge >= 0.3 is 0 Å². The summed E-state index contributed by atoms with van der Waals surface area (Å²) in [5, 5.41) is 14.6. The Bertz CT molecular complexity index is 792. The molecule has 1 aromatic heterocycles. The molecule has 0 bridgehead atoms. The third kappa shape index (κ3) is 3.66. The number of rotatable bonds is 5. The molecule has 0 spiro atoms. The lowest BCUT2D eigenvalue weighted by Gasteiger charge is -2.22. The van der Waals surface area contributed by atoms with E-state index < -0.39 is 6.10 Å². The maximum absolute atomic E-state index is 13.3. The summed E-state index contributed by atoms with van der Waals surface area (Å²) in [5.74, 6) is -0.306. The second kappa shape index (κ2) is 6.75. The number of benzene rings is 2. The van der Waals surface area contributed by atoms with Crippen molar-refractivity contribution < 1.29 is 9.50 Å². The van der Waals surface area contributed by atoms with Crippen LogP contribution in [0.1, 0.15) is 12.5 Å². The van der Waals surface area contributed by atoms with Crippen molar-refractivity contribution in [2.75, 3.05) is 5.32 Å². The quantitative estimate of drug-likeness (QED) is 0.754. The molecule has 0 saturated heterocycles. The Morgan fingerprint density at radius 1 is 1.13 bits per heavy atom. The van der Waals surface area contributed by atoms with E-state index in [0.717, 1.165) is 16.6 Å². The Morgan fingerprint density at radius 2 is 1.91 bits per heavy atom. The Labute approximate surface area is 134 Å². The molecule has 0 aliphatic carbocycles. The molecule has 0 aliphatic rings. The lowest BCUT2D eigenvalue weighted by Crippen LogP contribution is -2.32. The van der Waals surface area contributed by atoms with Crippen LogP contribution < -0.4 is 5.32 Å². The summed E-state index contributed by atoms with van der Waals surface area (Å²) in [6.07, 6.45) is 1.69. The van der Waals surface area contributed by atoms with Crippen molar-refractivity contribution in [1.82, 2.24) is 4.98 Å². The lowest BCUT2D eigenvalue weighted by atomic mass is 10.0. The third-order valence-electron chi connectivity index (χ3n) is 3.95. The molecule has 0 aliphatic heterocycles. The number of aliphatic hydroxyl groups excluding tert-OH is 1. The molecule has 4 heteroatoms. The Hall–Kier alpha value is -2.46. The van der Waals surface area contributed by atoms with Gasteiger partial charge in [0.05, 0.1) is 11.6 Å². The number of nitrogens with one attached hydrogen (secondary N) is 1. The highest BCUT2D eigenvalue weighted by molar-refractivity contribution is 5.91. The molecular weight excluding hydrogens is 291 g/mol. The minimum absolute atomic E-state index is 0.147. The van der Waals surface area contributed by atoms with Crippen LogP contribution >= 0.6 is 0 Å². The van der Waals surface area contributed by atoms with Crippen molar-refractivity contribution in [2.45, 2.75) is 25.5 Å². The van der Waals surface area contributed by atoms with E-state index in [0.29, 0.717) is 11.9 Å². The zero-order chi connectivity index (χ0) is 16.2. The largest absolute Gasteiger partial charge is 0.391 e. The van der Waals surface area contributed by atoms with Gasteiger partial charge in [0.2, 0.25) is 0 Å². The van der Waals surface area contributed by atoms with Crippen molar-refractivity contribution in [3.05, 3.63) is 72.2 Å². The van der Waals surface area contributed by atoms with Gasteiger partial charge in [0.1, 0.15) is 5.82 Å². The van der Waals surface area contributed by atoms with E-state index in [4.69, 9.17) is 0 Å². The molecule has 0 saturated carbocycles. The van der Waals surface area contributed by atoms with Gasteiger partial charge in [-0.2, -0.15) is 0 Å². The van der Waals surface area contributed by atoms with Gasteiger partial charge in [0.25, 0.3) is 0 Å². The minimum Gasteiger partial charge on any atom is -0.391 e. The summed E-state index contributed by atoms with van der Waals surface area (Å²) in [7, 11) is 0. The van der Waals surface area contributed by atoms with Gasteiger partial charge < -0.3 is 10.4 Å². The summed E-state index contributed by atoms with van der Waals surface area (Å²) in [6.45, 7) is 1.93. The van der Waals surface area contributed by atoms with Crippen molar-refractivity contribution in [1.29, 1.82) is 0 Å². The number of aromatic nitrogens is 1. The molecular formula is C19H19FN2O. The first kappa shape index (κ1) is 15.4. The van der Waals surface area contributed by atoms with Crippen LogP contribution in [-0.4, -0.2) is 22.2 Å². The Balaban J connectivity index is 1.76. The number of pyridine rings is 1. The van der Waals surface area contributed by atoms with Crippen LogP contribution in [0.4, 0.5) is 10.1 Å². The van der Waals surface area contributed by atoms with Crippen LogP contribution in [0.3, 0.4) is 0 Å². The number of hydrogen-bond donors (Lipinski definition) is 2. The highest BCUT2D eigenvalue weighted by atomic mass is 19.1. The first-order chi connectivity index (χ1) is 11.1. The minimum atomic E-state index is -0.527. The highest BCUT2D eigenvalue weighted by Crippen LogP contribution is 2.23. The normalized spacial score (nSPS) is 13.7. The predicted octanol–water partition coefficient (Wildman–Crippen LogP) is 3.78. The molecule has 118 valence electrons. The number of fused-ring (bicyclic) bond motifs is 1. The smallest absolute Gasteiger partial charge is 0.125 e. The summed E-state index contributed by atoms with van der Waals surface area (Å²) in [5.41, 5.74) is 2.53. The van der Waals surface area contributed by atoms with Crippen molar-refractivity contribution >= 4 is 16.6 Å². The lowest BCUT2D eigenvalue weighted by molar-refractivity contribution is 0.158. The zero-order valence-corrected chi connectivity index (χ0v) is 12.9. The molecule has 2 unspecified atom stereocenters. The molecule has 3 rings (SSSR count). The molecule has 0 radical (unpaired) electrons. The van der Waals surface area contributed by atoms with Crippen molar-refractivity contribution in [3.63, 3.8) is 0 Å². The van der Waals surface area contributed by atoms with Crippen LogP contribution in [0.15, 0.2) is 60.8 Å². The van der Waals surface area contributed by atoms with E-state index in [-0.39, 0.29) is 11.9 Å². The fraction of sp³-hybridized carbons (Fsp3) is 0.211. The van der Waals surface area contributed by atoms with Crippen LogP contribution in [-0.2, 0) is 6.42 Å². The maximum atomic E-state index is 13.3. The molecule has 3 aromatic rings. The fourth-order valence-electron chi connectivity index (χ4n) is 2.62. The van der Waals surface area contributed by atoms with Gasteiger partial charge in [-0.15, -0.1) is 0 Å². The first-order valence-corrected chi connectivity index (χ1v) is 7.66. The second-order valence-corrected chi connectivity index (χ2v) is 5.71. The van der Waals surface area contributed by atoms with Crippen molar-refractivity contribution in [2.24, 2.45) is 0 Å². The summed E-state index contributed by atoms with van der Waals surface area (Å²) in [6, 6.07) is 16.1. The van der Waals surface area contributed by atoms with E-state index >= 15 is 0 Å². The van der Waals surface area contributed by atoms with Gasteiger partial charge in [0.15, 0.2) is 0 Å². The van der Waals surface area contributed by atoms with Crippen molar-refractivity contribution in [3.8, 4) is 0 Å². The van der Waals surface area contributed by atoms with E-state index in [1.165, 1.54) is 12.1 Å². The van der Waals surface area contributed by atoms with E-state index in [1.54, 1.807) is 12.3 Å². The maximum Gasteiger partial charge on any atom is 0.125 e. The molecule has 23 heavy (non-hydrogen) atoms. The topological polar surface area (TPSA) is 45.2 Å². The molecule has 3 nitrogen and oxygen atoms in total. The van der Waals surface area contributed by atoms with Gasteiger partial charge in [0, 0.05) is 35.8 Å². The SMILES string of the molecule is CC(Nc1ccnc2cc(F)ccc12)C(O)Cc1ccccc1. The molecule has 2 atom stereocenters. The molecule has 2 aromatic carbocycles. The molecule has 0 fully saturated rings. The van der Waals surface area contributed by atoms with E-state index in [1.807, 2.05) is 43.3 Å². The molecule has 1 heterocycles. The zero-order valence-electron chi connectivity index (χ0n) is 12.9. The highest BCUT2D eigenvalue weighted by Gasteiger charge is 2.15. The number of nitrogens with zero attached hydrogens (tertiary/aromatic N) is 1. The molecule has 0 amide bonds. The summed E-state index contributed by atoms with van der Waals surface area (Å²) >= 11 is 0. The standard InChI is InChI=1S/C19H19FN2O/c1-13(19(23)11-14-5-3-2-4-6-14)22-17-9-10-21-18-12-15(20)7-8-16(17)18/h2-10,12-13,19,23H,11H2,1H3,(H,21,22). The summed E-state index contributed by atoms with van der Waals surface area (Å²) < 4.78 is 13.3. The average Bonchev–Trinajstić information content (AvgIpc) is 2.55. The summed E-state index contributed by atoms with van der Waals surface area (Å²) in [4.78, 5) is 4.18. The average molecular weight is 310 g/mol. The van der Waals surface area contributed by atoms with E-state index in [9.17, 15) is 9.50 Å². The van der Waals surface area contributed by atoms with Gasteiger partial charge in [-0.1, -0.05) is 30.3 Å². The van der Waals surface area contributed by atoms with Crippen LogP contribution in [0, 0.1) is 5.82 Å². The van der Waals surface area contributed by atoms with Crippen LogP contribution in [0.5, 0.6) is 0 Å². The second-order valence-electron chi connectivity index (χ2n) is 5.71. The van der Waals surface area contributed by atoms with Crippen LogP contribution in [0.2, 0.25) is 0 Å². The number of halogens is 1. The number of hydrogen-bond acceptors (Lipinski definition) is 3. The fourth-order valence-corrected chi connectivity index (χ4v) is 2.62. The first-order valence-electron chi connectivity index (χ1n) is 7.66. The monoisotopic (exact) mass is 310 g/mol. The van der Waals surface area contributed by atoms with Gasteiger partial charge in [-0.3, -0.25) is 4.98 Å².